The van der Waals surface area contributed by atoms with Gasteiger partial charge < -0.3 is 0 Å². The molecular weight excluding hydrogens is 428 g/mol. The fraction of sp³-hybridized carbons (Fsp3) is 0. The molecule has 1 aromatic heterocycles. The average Bonchev–Trinajstić information content (AvgIpc) is 3.08. The van der Waals surface area contributed by atoms with Crippen LogP contribution in [0.25, 0.3) is 0 Å². The predicted molar refractivity (Wildman–Crippen MR) is 99.3 cm³/mol. The molecule has 1 heterocycles. The van der Waals surface area contributed by atoms with Crippen LogP contribution in [0, 0.1) is 0 Å². The second kappa shape index (κ2) is 7.30. The Bertz CT molecular complexity index is 990. The van der Waals surface area contributed by atoms with Crippen molar-refractivity contribution >= 4 is 54.0 Å². The van der Waals surface area contributed by atoms with Crippen molar-refractivity contribution in [3.8, 4) is 0 Å². The maximum atomic E-state index is 12.5. The van der Waals surface area contributed by atoms with Gasteiger partial charge in [-0.15, -0.1) is 10.2 Å². The van der Waals surface area contributed by atoms with Crippen LogP contribution in [0.2, 0.25) is 0 Å². The van der Waals surface area contributed by atoms with Gasteiger partial charge in [-0.2, -0.15) is 0 Å². The first-order valence-corrected chi connectivity index (χ1v) is 10.1. The normalized spacial score (nSPS) is 11.1. The number of nitrogens with one attached hydrogen (secondary N) is 2. The van der Waals surface area contributed by atoms with Gasteiger partial charge in [-0.25, -0.2) is 8.42 Å². The van der Waals surface area contributed by atoms with Crippen molar-refractivity contribution in [1.82, 2.24) is 10.2 Å². The molecule has 2 aromatic carbocycles. The van der Waals surface area contributed by atoms with E-state index in [-0.39, 0.29) is 16.1 Å². The highest BCUT2D eigenvalue weighted by Gasteiger charge is 2.19. The molecule has 0 fully saturated rings. The van der Waals surface area contributed by atoms with Crippen LogP contribution in [-0.4, -0.2) is 24.5 Å². The summed E-state index contributed by atoms with van der Waals surface area (Å²) in [4.78, 5) is 12.5. The van der Waals surface area contributed by atoms with Gasteiger partial charge in [-0.3, -0.25) is 14.8 Å². The number of benzene rings is 2. The quantitative estimate of drug-likeness (QED) is 0.635. The molecule has 0 saturated heterocycles. The summed E-state index contributed by atoms with van der Waals surface area (Å²) < 4.78 is 28.3. The van der Waals surface area contributed by atoms with Crippen LogP contribution in [-0.2, 0) is 10.0 Å². The topological polar surface area (TPSA) is 101 Å². The zero-order valence-corrected chi connectivity index (χ0v) is 15.7. The van der Waals surface area contributed by atoms with Crippen LogP contribution >= 0.6 is 27.3 Å². The number of carbonyl (C=O) groups excluding carboxylic acids is 1. The molecule has 7 nitrogen and oxygen atoms in total. The minimum atomic E-state index is -3.82. The largest absolute Gasteiger partial charge is 0.296 e. The Kier molecular flexibility index (Phi) is 5.11. The lowest BCUT2D eigenvalue weighted by Crippen LogP contribution is -2.18. The monoisotopic (exact) mass is 438 g/mol. The maximum absolute atomic E-state index is 12.5. The van der Waals surface area contributed by atoms with E-state index in [1.807, 2.05) is 0 Å². The van der Waals surface area contributed by atoms with E-state index in [9.17, 15) is 13.2 Å². The Balaban J connectivity index is 1.88. The highest BCUT2D eigenvalue weighted by atomic mass is 79.9. The first-order chi connectivity index (χ1) is 12.0. The van der Waals surface area contributed by atoms with Gasteiger partial charge in [-0.1, -0.05) is 39.4 Å². The SMILES string of the molecule is O=C(Nc1nncs1)c1ccccc1NS(=O)(=O)c1ccc(Br)cc1. The molecule has 1 amide bonds. The summed E-state index contributed by atoms with van der Waals surface area (Å²) in [6, 6.07) is 12.5. The highest BCUT2D eigenvalue weighted by molar-refractivity contribution is 9.10. The van der Waals surface area contributed by atoms with Crippen LogP contribution < -0.4 is 10.0 Å². The van der Waals surface area contributed by atoms with E-state index in [0.29, 0.717) is 5.13 Å². The van der Waals surface area contributed by atoms with E-state index in [1.165, 1.54) is 41.1 Å². The van der Waals surface area contributed by atoms with Crippen molar-refractivity contribution in [1.29, 1.82) is 0 Å². The molecule has 2 N–H and O–H groups in total. The lowest BCUT2D eigenvalue weighted by atomic mass is 10.2. The van der Waals surface area contributed by atoms with E-state index < -0.39 is 15.9 Å². The summed E-state index contributed by atoms with van der Waals surface area (Å²) in [5.74, 6) is -0.481. The Morgan fingerprint density at radius 1 is 1.08 bits per heavy atom. The average molecular weight is 439 g/mol. The fourth-order valence-corrected chi connectivity index (χ4v) is 3.76. The molecule has 0 aliphatic rings. The molecule has 0 spiro atoms. The van der Waals surface area contributed by atoms with Gasteiger partial charge in [-0.05, 0) is 36.4 Å². The molecule has 3 rings (SSSR count). The summed E-state index contributed by atoms with van der Waals surface area (Å²) in [6.45, 7) is 0. The summed E-state index contributed by atoms with van der Waals surface area (Å²) in [6.07, 6.45) is 0. The number of hydrogen-bond acceptors (Lipinski definition) is 6. The molecule has 0 unspecified atom stereocenters. The first kappa shape index (κ1) is 17.5. The van der Waals surface area contributed by atoms with Gasteiger partial charge in [0.2, 0.25) is 5.13 Å². The van der Waals surface area contributed by atoms with Gasteiger partial charge in [0, 0.05) is 4.47 Å². The van der Waals surface area contributed by atoms with Crippen molar-refractivity contribution in [2.75, 3.05) is 10.0 Å². The highest BCUT2D eigenvalue weighted by Crippen LogP contribution is 2.22. The van der Waals surface area contributed by atoms with Gasteiger partial charge >= 0.3 is 0 Å². The number of anilines is 2. The zero-order valence-electron chi connectivity index (χ0n) is 12.5. The number of carbonyl (C=O) groups is 1. The molecule has 0 bridgehead atoms. The Labute approximate surface area is 156 Å². The van der Waals surface area contributed by atoms with Gasteiger partial charge in [0.1, 0.15) is 5.51 Å². The molecule has 0 aliphatic carbocycles. The second-order valence-electron chi connectivity index (χ2n) is 4.80. The Morgan fingerprint density at radius 3 is 2.48 bits per heavy atom. The predicted octanol–water partition coefficient (Wildman–Crippen LogP) is 3.35. The summed E-state index contributed by atoms with van der Waals surface area (Å²) in [7, 11) is -3.82. The summed E-state index contributed by atoms with van der Waals surface area (Å²) in [5.41, 5.74) is 1.84. The van der Waals surface area contributed by atoms with E-state index in [1.54, 1.807) is 24.3 Å². The third kappa shape index (κ3) is 4.21. The van der Waals surface area contributed by atoms with Crippen molar-refractivity contribution < 1.29 is 13.2 Å². The molecule has 0 aliphatic heterocycles. The third-order valence-corrected chi connectivity index (χ3v) is 5.64. The molecule has 0 atom stereocenters. The lowest BCUT2D eigenvalue weighted by molar-refractivity contribution is 0.102. The first-order valence-electron chi connectivity index (χ1n) is 6.91. The van der Waals surface area contributed by atoms with E-state index >= 15 is 0 Å². The molecule has 25 heavy (non-hydrogen) atoms. The Morgan fingerprint density at radius 2 is 1.80 bits per heavy atom. The van der Waals surface area contributed by atoms with Crippen LogP contribution in [0.1, 0.15) is 10.4 Å². The van der Waals surface area contributed by atoms with E-state index in [0.717, 1.165) is 4.47 Å². The van der Waals surface area contributed by atoms with Crippen molar-refractivity contribution in [2.24, 2.45) is 0 Å². The van der Waals surface area contributed by atoms with Crippen molar-refractivity contribution in [3.05, 3.63) is 64.1 Å². The Hall–Kier alpha value is -2.30. The van der Waals surface area contributed by atoms with E-state index in [2.05, 4.69) is 36.2 Å². The lowest BCUT2D eigenvalue weighted by Gasteiger charge is -2.12. The van der Waals surface area contributed by atoms with Crippen molar-refractivity contribution in [3.63, 3.8) is 0 Å². The maximum Gasteiger partial charge on any atom is 0.261 e. The minimum absolute atomic E-state index is 0.0926. The van der Waals surface area contributed by atoms with E-state index in [4.69, 9.17) is 0 Å². The van der Waals surface area contributed by atoms with Crippen LogP contribution in [0.3, 0.4) is 0 Å². The number of halogens is 1. The minimum Gasteiger partial charge on any atom is -0.296 e. The second-order valence-corrected chi connectivity index (χ2v) is 8.23. The van der Waals surface area contributed by atoms with Gasteiger partial charge in [0.25, 0.3) is 15.9 Å². The number of aromatic nitrogens is 2. The standard InChI is InChI=1S/C15H11BrN4O3S2/c16-10-5-7-11(8-6-10)25(22,23)20-13-4-2-1-3-12(13)14(21)18-15-19-17-9-24-15/h1-9,20H,(H,18,19,21). The number of hydrogen-bond donors (Lipinski definition) is 2. The number of para-hydroxylation sites is 1. The summed E-state index contributed by atoms with van der Waals surface area (Å²) in [5, 5.41) is 10.3. The zero-order chi connectivity index (χ0) is 17.9. The molecule has 10 heteroatoms. The smallest absolute Gasteiger partial charge is 0.261 e. The molecule has 0 saturated carbocycles. The van der Waals surface area contributed by atoms with Gasteiger partial charge in [0.15, 0.2) is 0 Å². The van der Waals surface area contributed by atoms with Crippen LogP contribution in [0.4, 0.5) is 10.8 Å². The molecule has 128 valence electrons. The summed E-state index contributed by atoms with van der Waals surface area (Å²) >= 11 is 4.43. The third-order valence-electron chi connectivity index (χ3n) is 3.12. The number of sulfonamides is 1. The molecular formula is C15H11BrN4O3S2. The van der Waals surface area contributed by atoms with Crippen LogP contribution in [0.5, 0.6) is 0 Å². The molecule has 0 radical (unpaired) electrons. The number of rotatable bonds is 5. The van der Waals surface area contributed by atoms with Gasteiger partial charge in [0.05, 0.1) is 16.1 Å². The fourth-order valence-electron chi connectivity index (χ4n) is 1.98. The molecule has 3 aromatic rings. The van der Waals surface area contributed by atoms with Crippen LogP contribution in [0.15, 0.2) is 63.4 Å². The number of amides is 1. The number of nitrogens with zero attached hydrogens (tertiary/aromatic N) is 2. The van der Waals surface area contributed by atoms with Crippen molar-refractivity contribution in [2.45, 2.75) is 4.90 Å².